The summed E-state index contributed by atoms with van der Waals surface area (Å²) in [5, 5.41) is 4.62. The van der Waals surface area contributed by atoms with Crippen LogP contribution < -0.4 is 10.2 Å². The van der Waals surface area contributed by atoms with Gasteiger partial charge < -0.3 is 15.1 Å². The second-order valence-corrected chi connectivity index (χ2v) is 7.46. The first-order valence-electron chi connectivity index (χ1n) is 8.27. The molecular weight excluding hydrogens is 432 g/mol. The maximum absolute atomic E-state index is 11.7. The fourth-order valence-corrected chi connectivity index (χ4v) is 3.58. The van der Waals surface area contributed by atoms with Crippen LogP contribution >= 0.6 is 46.4 Å². The lowest BCUT2D eigenvalue weighted by molar-refractivity contribution is -0.128. The van der Waals surface area contributed by atoms with Gasteiger partial charge in [-0.1, -0.05) is 40.9 Å². The minimum Gasteiger partial charge on any atom is -0.353 e. The number of benzene rings is 1. The van der Waals surface area contributed by atoms with Crippen molar-refractivity contribution in [2.45, 2.75) is 6.54 Å². The molecule has 0 unspecified atom stereocenters. The normalized spacial score (nSPS) is 14.4. The molecule has 0 radical (unpaired) electrons. The average molecular weight is 449 g/mol. The third-order valence-corrected chi connectivity index (χ3v) is 5.21. The van der Waals surface area contributed by atoms with Crippen molar-refractivity contribution in [2.24, 2.45) is 0 Å². The number of alkyl halides is 1. The van der Waals surface area contributed by atoms with Gasteiger partial charge in [0.2, 0.25) is 11.9 Å². The summed E-state index contributed by atoms with van der Waals surface area (Å²) in [6.45, 7) is 2.93. The molecule has 0 aliphatic carbocycles. The standard InChI is InChI=1S/C17H17Cl4N5O/c18-9-16(27)26-5-3-25(4-6-26)15-8-14(21)23-17(24-15)22-10-11-1-2-12(19)7-13(11)20/h1-2,7-8H,3-6,9-10H2,(H,22,23,24). The molecule has 6 nitrogen and oxygen atoms in total. The molecule has 1 aliphatic heterocycles. The fraction of sp³-hybridized carbons (Fsp3) is 0.353. The lowest BCUT2D eigenvalue weighted by Gasteiger charge is -2.35. The first-order valence-corrected chi connectivity index (χ1v) is 9.94. The van der Waals surface area contributed by atoms with E-state index in [2.05, 4.69) is 20.2 Å². The second-order valence-electron chi connectivity index (χ2n) is 5.96. The SMILES string of the molecule is O=C(CCl)N1CCN(c2cc(Cl)nc(NCc3ccc(Cl)cc3Cl)n2)CC1. The Morgan fingerprint density at radius 2 is 1.81 bits per heavy atom. The predicted molar refractivity (Wildman–Crippen MR) is 110 cm³/mol. The van der Waals surface area contributed by atoms with Crippen molar-refractivity contribution in [3.05, 3.63) is 45.0 Å². The van der Waals surface area contributed by atoms with E-state index in [0.29, 0.717) is 59.7 Å². The number of nitrogens with one attached hydrogen (secondary N) is 1. The summed E-state index contributed by atoms with van der Waals surface area (Å²) < 4.78 is 0. The van der Waals surface area contributed by atoms with Gasteiger partial charge in [-0.3, -0.25) is 4.79 Å². The van der Waals surface area contributed by atoms with E-state index in [4.69, 9.17) is 46.4 Å². The Balaban J connectivity index is 1.67. The number of nitrogens with zero attached hydrogens (tertiary/aromatic N) is 4. The summed E-state index contributed by atoms with van der Waals surface area (Å²) in [6, 6.07) is 7.01. The van der Waals surface area contributed by atoms with Gasteiger partial charge in [0.1, 0.15) is 16.9 Å². The summed E-state index contributed by atoms with van der Waals surface area (Å²) >= 11 is 23.9. The third kappa shape index (κ3) is 5.29. The van der Waals surface area contributed by atoms with Crippen molar-refractivity contribution in [1.29, 1.82) is 0 Å². The number of piperazine rings is 1. The summed E-state index contributed by atoms with van der Waals surface area (Å²) in [6.07, 6.45) is 0. The summed E-state index contributed by atoms with van der Waals surface area (Å²) in [4.78, 5) is 24.2. The van der Waals surface area contributed by atoms with E-state index in [1.807, 2.05) is 6.07 Å². The number of hydrogen-bond donors (Lipinski definition) is 1. The molecule has 1 N–H and O–H groups in total. The Morgan fingerprint density at radius 1 is 1.07 bits per heavy atom. The van der Waals surface area contributed by atoms with Crippen LogP contribution in [-0.4, -0.2) is 52.8 Å². The summed E-state index contributed by atoms with van der Waals surface area (Å²) in [5.74, 6) is 1.06. The van der Waals surface area contributed by atoms with Crippen molar-refractivity contribution >= 4 is 64.1 Å². The van der Waals surface area contributed by atoms with Crippen molar-refractivity contribution in [3.63, 3.8) is 0 Å². The highest BCUT2D eigenvalue weighted by atomic mass is 35.5. The lowest BCUT2D eigenvalue weighted by atomic mass is 10.2. The quantitative estimate of drug-likeness (QED) is 0.554. The largest absolute Gasteiger partial charge is 0.353 e. The molecule has 3 rings (SSSR count). The van der Waals surface area contributed by atoms with Gasteiger partial charge >= 0.3 is 0 Å². The van der Waals surface area contributed by atoms with Gasteiger partial charge in [-0.25, -0.2) is 4.98 Å². The highest BCUT2D eigenvalue weighted by molar-refractivity contribution is 6.35. The maximum atomic E-state index is 11.7. The molecule has 2 heterocycles. The topological polar surface area (TPSA) is 61.4 Å². The molecule has 10 heteroatoms. The number of amides is 1. The molecule has 27 heavy (non-hydrogen) atoms. The van der Waals surface area contributed by atoms with Gasteiger partial charge in [-0.2, -0.15) is 4.98 Å². The van der Waals surface area contributed by atoms with Gasteiger partial charge in [0.25, 0.3) is 0 Å². The number of aromatic nitrogens is 2. The Hall–Kier alpha value is -1.47. The Labute approximate surface area is 177 Å². The van der Waals surface area contributed by atoms with Crippen LogP contribution in [0.1, 0.15) is 5.56 Å². The van der Waals surface area contributed by atoms with Crippen molar-refractivity contribution in [1.82, 2.24) is 14.9 Å². The average Bonchev–Trinajstić information content (AvgIpc) is 2.66. The Kier molecular flexibility index (Phi) is 6.87. The molecule has 1 aliphatic rings. The summed E-state index contributed by atoms with van der Waals surface area (Å²) in [5.41, 5.74) is 0.874. The van der Waals surface area contributed by atoms with Crippen LogP contribution in [0.15, 0.2) is 24.3 Å². The molecule has 0 bridgehead atoms. The lowest BCUT2D eigenvalue weighted by Crippen LogP contribution is -2.49. The fourth-order valence-electron chi connectivity index (χ4n) is 2.76. The predicted octanol–water partition coefficient (Wildman–Crippen LogP) is 3.94. The monoisotopic (exact) mass is 447 g/mol. The highest BCUT2D eigenvalue weighted by Gasteiger charge is 2.22. The van der Waals surface area contributed by atoms with Crippen LogP contribution in [0.25, 0.3) is 0 Å². The van der Waals surface area contributed by atoms with Crippen molar-refractivity contribution < 1.29 is 4.79 Å². The van der Waals surface area contributed by atoms with E-state index in [0.717, 1.165) is 5.56 Å². The molecule has 1 fully saturated rings. The molecule has 1 aromatic carbocycles. The molecule has 1 aromatic heterocycles. The number of anilines is 2. The van der Waals surface area contributed by atoms with Gasteiger partial charge in [0.05, 0.1) is 0 Å². The van der Waals surface area contributed by atoms with Crippen molar-refractivity contribution in [2.75, 3.05) is 42.3 Å². The third-order valence-electron chi connectivity index (χ3n) is 4.20. The van der Waals surface area contributed by atoms with Gasteiger partial charge in [0, 0.05) is 48.8 Å². The summed E-state index contributed by atoms with van der Waals surface area (Å²) in [7, 11) is 0. The van der Waals surface area contributed by atoms with Gasteiger partial charge in [-0.05, 0) is 17.7 Å². The molecule has 2 aromatic rings. The number of rotatable bonds is 5. The molecule has 0 spiro atoms. The van der Waals surface area contributed by atoms with Crippen LogP contribution in [0, 0.1) is 0 Å². The molecular formula is C17H17Cl4N5O. The van der Waals surface area contributed by atoms with Gasteiger partial charge in [0.15, 0.2) is 0 Å². The molecule has 144 valence electrons. The van der Waals surface area contributed by atoms with E-state index in [1.165, 1.54) is 0 Å². The number of hydrogen-bond acceptors (Lipinski definition) is 5. The second kappa shape index (κ2) is 9.15. The smallest absolute Gasteiger partial charge is 0.237 e. The van der Waals surface area contributed by atoms with E-state index in [1.54, 1.807) is 23.1 Å². The van der Waals surface area contributed by atoms with E-state index in [-0.39, 0.29) is 11.8 Å². The van der Waals surface area contributed by atoms with Crippen LogP contribution in [0.2, 0.25) is 15.2 Å². The number of carbonyl (C=O) groups is 1. The first kappa shape index (κ1) is 20.3. The zero-order valence-corrected chi connectivity index (χ0v) is 17.3. The highest BCUT2D eigenvalue weighted by Crippen LogP contribution is 2.23. The number of carbonyl (C=O) groups excluding carboxylic acids is 1. The molecule has 0 atom stereocenters. The maximum Gasteiger partial charge on any atom is 0.237 e. The van der Waals surface area contributed by atoms with Crippen molar-refractivity contribution in [3.8, 4) is 0 Å². The molecule has 0 saturated carbocycles. The first-order chi connectivity index (χ1) is 13.0. The minimum atomic E-state index is -0.0563. The van der Waals surface area contributed by atoms with Crippen LogP contribution in [0.4, 0.5) is 11.8 Å². The van der Waals surface area contributed by atoms with Crippen LogP contribution in [0.3, 0.4) is 0 Å². The van der Waals surface area contributed by atoms with E-state index in [9.17, 15) is 4.79 Å². The Bertz CT molecular complexity index is 827. The zero-order chi connectivity index (χ0) is 19.4. The molecule has 1 amide bonds. The Morgan fingerprint density at radius 3 is 2.48 bits per heavy atom. The van der Waals surface area contributed by atoms with E-state index < -0.39 is 0 Å². The zero-order valence-electron chi connectivity index (χ0n) is 14.3. The van der Waals surface area contributed by atoms with Crippen LogP contribution in [-0.2, 0) is 11.3 Å². The van der Waals surface area contributed by atoms with Crippen LogP contribution in [0.5, 0.6) is 0 Å². The van der Waals surface area contributed by atoms with Gasteiger partial charge in [-0.15, -0.1) is 11.6 Å². The minimum absolute atomic E-state index is 0.000656. The number of halogens is 4. The van der Waals surface area contributed by atoms with E-state index >= 15 is 0 Å². The molecule has 1 saturated heterocycles.